The SMILES string of the molecule is CC(C)(C)CC(O)c1ccc(Cl)c(Cl)c1. The largest absolute Gasteiger partial charge is 0.388 e. The maximum absolute atomic E-state index is 9.97. The first-order valence-electron chi connectivity index (χ1n) is 4.92. The Bertz CT molecular complexity index is 342. The van der Waals surface area contributed by atoms with Gasteiger partial charge in [0.15, 0.2) is 0 Å². The summed E-state index contributed by atoms with van der Waals surface area (Å²) in [7, 11) is 0. The van der Waals surface area contributed by atoms with E-state index in [9.17, 15) is 5.11 Å². The molecule has 0 amide bonds. The molecule has 1 aromatic rings. The second-order valence-corrected chi connectivity index (χ2v) is 5.77. The fourth-order valence-corrected chi connectivity index (χ4v) is 1.72. The van der Waals surface area contributed by atoms with Crippen LogP contribution in [0.4, 0.5) is 0 Å². The zero-order valence-electron chi connectivity index (χ0n) is 9.22. The first-order valence-corrected chi connectivity index (χ1v) is 5.68. The minimum Gasteiger partial charge on any atom is -0.388 e. The van der Waals surface area contributed by atoms with Gasteiger partial charge in [-0.2, -0.15) is 0 Å². The Morgan fingerprint density at radius 2 is 1.80 bits per heavy atom. The van der Waals surface area contributed by atoms with E-state index in [4.69, 9.17) is 23.2 Å². The first-order chi connectivity index (χ1) is 6.79. The average Bonchev–Trinajstić information content (AvgIpc) is 2.06. The van der Waals surface area contributed by atoms with Crippen molar-refractivity contribution >= 4 is 23.2 Å². The lowest BCUT2D eigenvalue weighted by Gasteiger charge is -2.22. The molecule has 0 bridgehead atoms. The summed E-state index contributed by atoms with van der Waals surface area (Å²) in [6, 6.07) is 5.25. The summed E-state index contributed by atoms with van der Waals surface area (Å²) >= 11 is 11.7. The number of hydrogen-bond donors (Lipinski definition) is 1. The summed E-state index contributed by atoms with van der Waals surface area (Å²) in [5.74, 6) is 0. The number of halogens is 2. The molecule has 0 aliphatic carbocycles. The maximum Gasteiger partial charge on any atom is 0.0795 e. The van der Waals surface area contributed by atoms with Gasteiger partial charge in [0.2, 0.25) is 0 Å². The van der Waals surface area contributed by atoms with E-state index in [0.717, 1.165) is 5.56 Å². The van der Waals surface area contributed by atoms with Crippen LogP contribution in [0.5, 0.6) is 0 Å². The van der Waals surface area contributed by atoms with Gasteiger partial charge in [-0.15, -0.1) is 0 Å². The number of aliphatic hydroxyl groups is 1. The van der Waals surface area contributed by atoms with E-state index in [-0.39, 0.29) is 5.41 Å². The van der Waals surface area contributed by atoms with Crippen LogP contribution >= 0.6 is 23.2 Å². The van der Waals surface area contributed by atoms with Crippen LogP contribution in [0.3, 0.4) is 0 Å². The lowest BCUT2D eigenvalue weighted by Crippen LogP contribution is -2.11. The van der Waals surface area contributed by atoms with Gasteiger partial charge < -0.3 is 5.11 Å². The van der Waals surface area contributed by atoms with Crippen LogP contribution in [0.2, 0.25) is 10.0 Å². The number of aliphatic hydroxyl groups excluding tert-OH is 1. The smallest absolute Gasteiger partial charge is 0.0795 e. The van der Waals surface area contributed by atoms with Crippen molar-refractivity contribution in [3.63, 3.8) is 0 Å². The van der Waals surface area contributed by atoms with Crippen LogP contribution in [0.25, 0.3) is 0 Å². The highest BCUT2D eigenvalue weighted by Crippen LogP contribution is 2.32. The topological polar surface area (TPSA) is 20.2 Å². The van der Waals surface area contributed by atoms with E-state index < -0.39 is 6.10 Å². The average molecular weight is 247 g/mol. The van der Waals surface area contributed by atoms with Crippen molar-refractivity contribution in [1.82, 2.24) is 0 Å². The van der Waals surface area contributed by atoms with Gasteiger partial charge in [-0.05, 0) is 29.5 Å². The molecule has 1 aromatic carbocycles. The van der Waals surface area contributed by atoms with Crippen molar-refractivity contribution in [3.05, 3.63) is 33.8 Å². The fourth-order valence-electron chi connectivity index (χ4n) is 1.42. The molecule has 84 valence electrons. The predicted octanol–water partition coefficient (Wildman–Crippen LogP) is 4.46. The minimum atomic E-state index is -0.486. The van der Waals surface area contributed by atoms with Crippen molar-refractivity contribution in [2.45, 2.75) is 33.3 Å². The molecule has 1 N–H and O–H groups in total. The summed E-state index contributed by atoms with van der Waals surface area (Å²) < 4.78 is 0. The van der Waals surface area contributed by atoms with Gasteiger partial charge in [-0.3, -0.25) is 0 Å². The first kappa shape index (κ1) is 12.8. The second-order valence-electron chi connectivity index (χ2n) is 4.95. The molecule has 0 aromatic heterocycles. The summed E-state index contributed by atoms with van der Waals surface area (Å²) in [6.07, 6.45) is 0.213. The molecule has 0 saturated carbocycles. The Kier molecular flexibility index (Phi) is 4.05. The van der Waals surface area contributed by atoms with Gasteiger partial charge in [-0.1, -0.05) is 50.0 Å². The number of benzene rings is 1. The molecular weight excluding hydrogens is 231 g/mol. The molecule has 1 atom stereocenters. The molecule has 0 aliphatic rings. The van der Waals surface area contributed by atoms with Crippen LogP contribution in [0, 0.1) is 5.41 Å². The van der Waals surface area contributed by atoms with E-state index in [1.54, 1.807) is 12.1 Å². The molecule has 0 saturated heterocycles. The molecular formula is C12H16Cl2O. The van der Waals surface area contributed by atoms with Gasteiger partial charge >= 0.3 is 0 Å². The Labute approximate surface area is 101 Å². The molecule has 0 aliphatic heterocycles. The standard InChI is InChI=1S/C12H16Cl2O/c1-12(2,3)7-11(15)8-4-5-9(13)10(14)6-8/h4-6,11,15H,7H2,1-3H3. The van der Waals surface area contributed by atoms with Crippen LogP contribution in [0.1, 0.15) is 38.9 Å². The quantitative estimate of drug-likeness (QED) is 0.817. The van der Waals surface area contributed by atoms with E-state index in [0.29, 0.717) is 16.5 Å². The second kappa shape index (κ2) is 4.73. The van der Waals surface area contributed by atoms with Gasteiger partial charge in [0.1, 0.15) is 0 Å². The molecule has 1 rings (SSSR count). The lowest BCUT2D eigenvalue weighted by atomic mass is 9.87. The van der Waals surface area contributed by atoms with Crippen LogP contribution in [0.15, 0.2) is 18.2 Å². The normalized spacial score (nSPS) is 14.0. The fraction of sp³-hybridized carbons (Fsp3) is 0.500. The lowest BCUT2D eigenvalue weighted by molar-refractivity contribution is 0.122. The van der Waals surface area contributed by atoms with Crippen LogP contribution in [-0.2, 0) is 0 Å². The molecule has 0 heterocycles. The third-order valence-electron chi connectivity index (χ3n) is 2.13. The molecule has 15 heavy (non-hydrogen) atoms. The zero-order chi connectivity index (χ0) is 11.6. The van der Waals surface area contributed by atoms with E-state index in [1.807, 2.05) is 6.07 Å². The predicted molar refractivity (Wildman–Crippen MR) is 65.5 cm³/mol. The van der Waals surface area contributed by atoms with Crippen molar-refractivity contribution in [2.24, 2.45) is 5.41 Å². The van der Waals surface area contributed by atoms with Crippen molar-refractivity contribution in [1.29, 1.82) is 0 Å². The van der Waals surface area contributed by atoms with Crippen molar-refractivity contribution in [2.75, 3.05) is 0 Å². The van der Waals surface area contributed by atoms with E-state index in [2.05, 4.69) is 20.8 Å². The highest BCUT2D eigenvalue weighted by Gasteiger charge is 2.18. The van der Waals surface area contributed by atoms with E-state index >= 15 is 0 Å². The highest BCUT2D eigenvalue weighted by molar-refractivity contribution is 6.42. The number of rotatable bonds is 2. The van der Waals surface area contributed by atoms with Gasteiger partial charge in [0, 0.05) is 0 Å². The molecule has 3 heteroatoms. The van der Waals surface area contributed by atoms with Gasteiger partial charge in [0.05, 0.1) is 16.1 Å². The Morgan fingerprint density at radius 3 is 2.27 bits per heavy atom. The van der Waals surface area contributed by atoms with Gasteiger partial charge in [0.25, 0.3) is 0 Å². The van der Waals surface area contributed by atoms with Crippen LogP contribution < -0.4 is 0 Å². The highest BCUT2D eigenvalue weighted by atomic mass is 35.5. The third kappa shape index (κ3) is 4.02. The summed E-state index contributed by atoms with van der Waals surface area (Å²) in [6.45, 7) is 6.27. The third-order valence-corrected chi connectivity index (χ3v) is 2.87. The van der Waals surface area contributed by atoms with E-state index in [1.165, 1.54) is 0 Å². The Morgan fingerprint density at radius 1 is 1.20 bits per heavy atom. The molecule has 0 fully saturated rings. The molecule has 0 spiro atoms. The van der Waals surface area contributed by atoms with Crippen molar-refractivity contribution in [3.8, 4) is 0 Å². The van der Waals surface area contributed by atoms with Gasteiger partial charge in [-0.25, -0.2) is 0 Å². The monoisotopic (exact) mass is 246 g/mol. The molecule has 1 unspecified atom stereocenters. The van der Waals surface area contributed by atoms with Crippen molar-refractivity contribution < 1.29 is 5.11 Å². The summed E-state index contributed by atoms with van der Waals surface area (Å²) in [5.41, 5.74) is 0.908. The zero-order valence-corrected chi connectivity index (χ0v) is 10.7. The molecule has 1 nitrogen and oxygen atoms in total. The minimum absolute atomic E-state index is 0.0888. The van der Waals surface area contributed by atoms with Crippen LogP contribution in [-0.4, -0.2) is 5.11 Å². The number of hydrogen-bond acceptors (Lipinski definition) is 1. The summed E-state index contributed by atoms with van der Waals surface area (Å²) in [5, 5.41) is 11.0. The Hall–Kier alpha value is -0.240. The maximum atomic E-state index is 9.97. The molecule has 0 radical (unpaired) electrons. The Balaban J connectivity index is 2.83. The summed E-state index contributed by atoms with van der Waals surface area (Å²) in [4.78, 5) is 0.